The molecule has 1 aliphatic heterocycles. The molecule has 5 nitrogen and oxygen atoms in total. The van der Waals surface area contributed by atoms with E-state index >= 15 is 0 Å². The van der Waals surface area contributed by atoms with Crippen LogP contribution in [0.2, 0.25) is 5.15 Å². The molecule has 1 aliphatic rings. The van der Waals surface area contributed by atoms with Crippen LogP contribution >= 0.6 is 11.6 Å². The normalized spacial score (nSPS) is 19.5. The molecule has 0 aliphatic carbocycles. The highest BCUT2D eigenvalue weighted by molar-refractivity contribution is 6.30. The smallest absolute Gasteiger partial charge is 0.131 e. The van der Waals surface area contributed by atoms with Gasteiger partial charge in [-0.25, -0.2) is 4.98 Å². The summed E-state index contributed by atoms with van der Waals surface area (Å²) in [5.41, 5.74) is 2.23. The number of aryl methyl sites for hydroxylation is 3. The van der Waals surface area contributed by atoms with E-state index in [1.807, 2.05) is 26.4 Å². The van der Waals surface area contributed by atoms with Crippen molar-refractivity contribution < 1.29 is 0 Å². The summed E-state index contributed by atoms with van der Waals surface area (Å²) in [6, 6.07) is 0.355. The molecule has 1 saturated heterocycles. The Morgan fingerprint density at radius 3 is 2.90 bits per heavy atom. The van der Waals surface area contributed by atoms with Gasteiger partial charge in [-0.15, -0.1) is 0 Å². The van der Waals surface area contributed by atoms with Gasteiger partial charge < -0.3 is 4.57 Å². The summed E-state index contributed by atoms with van der Waals surface area (Å²) in [5.74, 6) is 1.13. The molecule has 3 rings (SSSR count). The Morgan fingerprint density at radius 1 is 1.43 bits per heavy atom. The van der Waals surface area contributed by atoms with Crippen LogP contribution in [0.4, 0.5) is 0 Å². The van der Waals surface area contributed by atoms with Crippen molar-refractivity contribution in [1.29, 1.82) is 0 Å². The first-order valence-electron chi connectivity index (χ1n) is 7.54. The standard InChI is InChI=1S/C15H22ClN5/c1-4-20-9-7-17-13(20)10-21-8-5-6-12(21)14-11(2)18-19(3)15(14)16/h7,9,12H,4-6,8,10H2,1-3H3. The third-order valence-corrected chi connectivity index (χ3v) is 4.83. The molecule has 6 heteroatoms. The van der Waals surface area contributed by atoms with Crippen molar-refractivity contribution in [3.8, 4) is 0 Å². The van der Waals surface area contributed by atoms with Gasteiger partial charge in [-0.2, -0.15) is 5.10 Å². The van der Waals surface area contributed by atoms with E-state index in [9.17, 15) is 0 Å². The van der Waals surface area contributed by atoms with Gasteiger partial charge >= 0.3 is 0 Å². The highest BCUT2D eigenvalue weighted by Crippen LogP contribution is 2.38. The minimum absolute atomic E-state index is 0.355. The average Bonchev–Trinajstić information content (AvgIpc) is 3.13. The van der Waals surface area contributed by atoms with E-state index in [2.05, 4.69) is 26.5 Å². The summed E-state index contributed by atoms with van der Waals surface area (Å²) in [5, 5.41) is 5.22. The molecular weight excluding hydrogens is 286 g/mol. The zero-order valence-corrected chi connectivity index (χ0v) is 13.6. The molecule has 2 aromatic heterocycles. The van der Waals surface area contributed by atoms with Crippen LogP contribution in [-0.2, 0) is 20.1 Å². The lowest BCUT2D eigenvalue weighted by molar-refractivity contribution is 0.238. The molecule has 1 atom stereocenters. The third-order valence-electron chi connectivity index (χ3n) is 4.38. The predicted molar refractivity (Wildman–Crippen MR) is 83.2 cm³/mol. The number of imidazole rings is 1. The Labute approximate surface area is 130 Å². The maximum atomic E-state index is 6.45. The lowest BCUT2D eigenvalue weighted by atomic mass is 10.1. The molecule has 0 spiro atoms. The molecule has 1 fully saturated rings. The van der Waals surface area contributed by atoms with Gasteiger partial charge in [0, 0.05) is 37.6 Å². The van der Waals surface area contributed by atoms with Crippen LogP contribution in [0.15, 0.2) is 12.4 Å². The van der Waals surface area contributed by atoms with Crippen molar-refractivity contribution in [3.63, 3.8) is 0 Å². The molecule has 0 N–H and O–H groups in total. The maximum Gasteiger partial charge on any atom is 0.131 e. The van der Waals surface area contributed by atoms with Gasteiger partial charge in [-0.05, 0) is 33.2 Å². The van der Waals surface area contributed by atoms with E-state index in [0.717, 1.165) is 42.7 Å². The van der Waals surface area contributed by atoms with Crippen molar-refractivity contribution in [1.82, 2.24) is 24.2 Å². The fraction of sp³-hybridized carbons (Fsp3) is 0.600. The van der Waals surface area contributed by atoms with Crippen LogP contribution in [0.3, 0.4) is 0 Å². The Kier molecular flexibility index (Phi) is 4.04. The van der Waals surface area contributed by atoms with Crippen LogP contribution in [0.1, 0.15) is 42.9 Å². The van der Waals surface area contributed by atoms with Gasteiger partial charge in [0.15, 0.2) is 0 Å². The third kappa shape index (κ3) is 2.60. The van der Waals surface area contributed by atoms with Gasteiger partial charge in [0.2, 0.25) is 0 Å². The van der Waals surface area contributed by atoms with Crippen molar-refractivity contribution >= 4 is 11.6 Å². The molecule has 114 valence electrons. The number of aromatic nitrogens is 4. The Balaban J connectivity index is 1.86. The van der Waals surface area contributed by atoms with Gasteiger partial charge in [0.1, 0.15) is 11.0 Å². The van der Waals surface area contributed by atoms with Gasteiger partial charge in [0.05, 0.1) is 12.2 Å². The highest BCUT2D eigenvalue weighted by atomic mass is 35.5. The number of likely N-dealkylation sites (tertiary alicyclic amines) is 1. The second kappa shape index (κ2) is 5.81. The molecule has 0 bridgehead atoms. The van der Waals surface area contributed by atoms with Crippen LogP contribution in [-0.4, -0.2) is 30.8 Å². The molecular formula is C15H22ClN5. The fourth-order valence-electron chi connectivity index (χ4n) is 3.33. The van der Waals surface area contributed by atoms with E-state index in [0.29, 0.717) is 6.04 Å². The molecule has 0 aromatic carbocycles. The minimum Gasteiger partial charge on any atom is -0.334 e. The number of halogens is 1. The van der Waals surface area contributed by atoms with E-state index in [1.54, 1.807) is 4.68 Å². The quantitative estimate of drug-likeness (QED) is 0.872. The topological polar surface area (TPSA) is 38.9 Å². The summed E-state index contributed by atoms with van der Waals surface area (Å²) in [6.45, 7) is 7.11. The van der Waals surface area contributed by atoms with Crippen LogP contribution in [0.25, 0.3) is 0 Å². The first-order chi connectivity index (χ1) is 10.1. The number of rotatable bonds is 4. The van der Waals surface area contributed by atoms with Crippen LogP contribution < -0.4 is 0 Å². The molecule has 21 heavy (non-hydrogen) atoms. The summed E-state index contributed by atoms with van der Waals surface area (Å²) in [6.07, 6.45) is 6.26. The Bertz CT molecular complexity index is 630. The first kappa shape index (κ1) is 14.6. The molecule has 3 heterocycles. The monoisotopic (exact) mass is 307 g/mol. The lowest BCUT2D eigenvalue weighted by Gasteiger charge is -2.24. The molecule has 0 radical (unpaired) electrons. The zero-order chi connectivity index (χ0) is 15.0. The number of nitrogens with zero attached hydrogens (tertiary/aromatic N) is 5. The highest BCUT2D eigenvalue weighted by Gasteiger charge is 2.31. The fourth-order valence-corrected chi connectivity index (χ4v) is 3.63. The largest absolute Gasteiger partial charge is 0.334 e. The van der Waals surface area contributed by atoms with E-state index < -0.39 is 0 Å². The Hall–Kier alpha value is -1.33. The van der Waals surface area contributed by atoms with E-state index in [4.69, 9.17) is 11.6 Å². The van der Waals surface area contributed by atoms with Crippen molar-refractivity contribution in [2.45, 2.75) is 45.8 Å². The Morgan fingerprint density at radius 2 is 2.24 bits per heavy atom. The van der Waals surface area contributed by atoms with Crippen molar-refractivity contribution in [2.75, 3.05) is 6.54 Å². The second-order valence-electron chi connectivity index (χ2n) is 5.67. The summed E-state index contributed by atoms with van der Waals surface area (Å²) < 4.78 is 3.97. The van der Waals surface area contributed by atoms with Gasteiger partial charge in [-0.3, -0.25) is 9.58 Å². The summed E-state index contributed by atoms with van der Waals surface area (Å²) >= 11 is 6.45. The minimum atomic E-state index is 0.355. The van der Waals surface area contributed by atoms with Gasteiger partial charge in [-0.1, -0.05) is 11.6 Å². The average molecular weight is 308 g/mol. The molecule has 2 aromatic rings. The maximum absolute atomic E-state index is 6.45. The predicted octanol–water partition coefficient (Wildman–Crippen LogP) is 2.94. The van der Waals surface area contributed by atoms with Crippen LogP contribution in [0, 0.1) is 6.92 Å². The number of hydrogen-bond acceptors (Lipinski definition) is 3. The zero-order valence-electron chi connectivity index (χ0n) is 12.9. The molecule has 0 saturated carbocycles. The first-order valence-corrected chi connectivity index (χ1v) is 7.92. The molecule has 0 amide bonds. The van der Waals surface area contributed by atoms with Gasteiger partial charge in [0.25, 0.3) is 0 Å². The summed E-state index contributed by atoms with van der Waals surface area (Å²) in [4.78, 5) is 6.97. The van der Waals surface area contributed by atoms with Crippen molar-refractivity contribution in [3.05, 3.63) is 34.6 Å². The molecule has 1 unspecified atom stereocenters. The lowest BCUT2D eigenvalue weighted by Crippen LogP contribution is -2.25. The SMILES string of the molecule is CCn1ccnc1CN1CCCC1c1c(C)nn(C)c1Cl. The number of hydrogen-bond donors (Lipinski definition) is 0. The van der Waals surface area contributed by atoms with E-state index in [-0.39, 0.29) is 0 Å². The second-order valence-corrected chi connectivity index (χ2v) is 6.03. The van der Waals surface area contributed by atoms with Crippen LogP contribution in [0.5, 0.6) is 0 Å². The summed E-state index contributed by atoms with van der Waals surface area (Å²) in [7, 11) is 1.90. The van der Waals surface area contributed by atoms with E-state index in [1.165, 1.54) is 12.0 Å². The van der Waals surface area contributed by atoms with Crippen molar-refractivity contribution in [2.24, 2.45) is 7.05 Å².